The molecule has 21 heavy (non-hydrogen) atoms. The van der Waals surface area contributed by atoms with Crippen LogP contribution in [0.15, 0.2) is 41.5 Å². The van der Waals surface area contributed by atoms with Crippen LogP contribution in [0.25, 0.3) is 0 Å². The molecule has 0 aromatic heterocycles. The minimum absolute atomic E-state index is 0.0859. The summed E-state index contributed by atoms with van der Waals surface area (Å²) in [5.74, 6) is -1.30. The fourth-order valence-electron chi connectivity index (χ4n) is 2.26. The molecule has 2 rings (SSSR count). The Balaban J connectivity index is 2.13. The molecule has 1 heterocycles. The molecule has 5 nitrogen and oxygen atoms in total. The number of carboxylic acid groups (broad SMARTS) is 1. The lowest BCUT2D eigenvalue weighted by molar-refractivity contribution is -0.136. The smallest absolute Gasteiger partial charge is 0.331 e. The lowest BCUT2D eigenvalue weighted by atomic mass is 10.1. The van der Waals surface area contributed by atoms with Gasteiger partial charge in [0.15, 0.2) is 0 Å². The summed E-state index contributed by atoms with van der Waals surface area (Å²) in [5, 5.41) is 8.98. The Bertz CT molecular complexity index is 565. The quantitative estimate of drug-likeness (QED) is 0.864. The fraction of sp³-hybridized carbons (Fsp3) is 0.375. The van der Waals surface area contributed by atoms with Crippen molar-refractivity contribution < 1.29 is 19.4 Å². The zero-order valence-corrected chi connectivity index (χ0v) is 12.2. The maximum Gasteiger partial charge on any atom is 0.331 e. The van der Waals surface area contributed by atoms with Crippen molar-refractivity contribution in [2.24, 2.45) is 0 Å². The number of hydrogen-bond donors (Lipinski definition) is 1. The molecule has 1 fully saturated rings. The van der Waals surface area contributed by atoms with Gasteiger partial charge in [-0.2, -0.15) is 0 Å². The third-order valence-electron chi connectivity index (χ3n) is 3.73. The van der Waals surface area contributed by atoms with Gasteiger partial charge in [0.05, 0.1) is 13.2 Å². The second-order valence-corrected chi connectivity index (χ2v) is 5.08. The summed E-state index contributed by atoms with van der Waals surface area (Å²) in [6, 6.07) is 9.71. The van der Waals surface area contributed by atoms with Gasteiger partial charge < -0.3 is 14.7 Å². The maximum atomic E-state index is 12.4. The molecule has 1 aromatic carbocycles. The molecular weight excluding hydrogens is 270 g/mol. The molecule has 1 saturated heterocycles. The molecule has 0 aliphatic carbocycles. The number of carbonyl (C=O) groups excluding carboxylic acids is 1. The molecule has 5 heteroatoms. The van der Waals surface area contributed by atoms with Gasteiger partial charge in [-0.3, -0.25) is 4.79 Å². The van der Waals surface area contributed by atoms with E-state index in [1.165, 1.54) is 6.92 Å². The average molecular weight is 289 g/mol. The molecule has 1 amide bonds. The first-order chi connectivity index (χ1) is 10.0. The Morgan fingerprint density at radius 1 is 1.19 bits per heavy atom. The second kappa shape index (κ2) is 6.54. The second-order valence-electron chi connectivity index (χ2n) is 5.08. The fourth-order valence-corrected chi connectivity index (χ4v) is 2.26. The van der Waals surface area contributed by atoms with Crippen molar-refractivity contribution in [1.82, 2.24) is 4.90 Å². The van der Waals surface area contributed by atoms with Crippen molar-refractivity contribution in [3.05, 3.63) is 47.0 Å². The highest BCUT2D eigenvalue weighted by Gasteiger charge is 2.27. The van der Waals surface area contributed by atoms with E-state index in [9.17, 15) is 9.59 Å². The Morgan fingerprint density at radius 3 is 2.48 bits per heavy atom. The minimum atomic E-state index is -1.06. The van der Waals surface area contributed by atoms with E-state index in [1.54, 1.807) is 11.8 Å². The van der Waals surface area contributed by atoms with Gasteiger partial charge in [0.2, 0.25) is 5.91 Å². The summed E-state index contributed by atoms with van der Waals surface area (Å²) in [5.41, 5.74) is 1.38. The van der Waals surface area contributed by atoms with Gasteiger partial charge in [-0.15, -0.1) is 0 Å². The van der Waals surface area contributed by atoms with E-state index in [0.29, 0.717) is 19.7 Å². The van der Waals surface area contributed by atoms with E-state index >= 15 is 0 Å². The standard InChI is InChI=1S/C16H19NO4/c1-11(12(2)16(19)20)15(18)17-8-9-21-14(10-17)13-6-4-3-5-7-13/h3-7,14H,8-10H2,1-2H3,(H,19,20). The number of ether oxygens (including phenoxy) is 1. The van der Waals surface area contributed by atoms with Crippen LogP contribution in [0.3, 0.4) is 0 Å². The number of aliphatic carboxylic acids is 1. The highest BCUT2D eigenvalue weighted by Crippen LogP contribution is 2.23. The molecule has 0 radical (unpaired) electrons. The molecule has 112 valence electrons. The molecule has 0 spiro atoms. The van der Waals surface area contributed by atoms with Gasteiger partial charge in [0.25, 0.3) is 0 Å². The van der Waals surface area contributed by atoms with Crippen LogP contribution in [-0.2, 0) is 14.3 Å². The number of morpholine rings is 1. The van der Waals surface area contributed by atoms with Gasteiger partial charge in [-0.05, 0) is 19.4 Å². The van der Waals surface area contributed by atoms with Crippen molar-refractivity contribution in [2.75, 3.05) is 19.7 Å². The summed E-state index contributed by atoms with van der Waals surface area (Å²) in [6.07, 6.45) is -0.165. The number of rotatable bonds is 3. The Kier molecular flexibility index (Phi) is 4.75. The molecule has 1 aromatic rings. The van der Waals surface area contributed by atoms with Gasteiger partial charge in [0, 0.05) is 17.7 Å². The summed E-state index contributed by atoms with van der Waals surface area (Å²) in [6.45, 7) is 4.37. The van der Waals surface area contributed by atoms with E-state index in [4.69, 9.17) is 9.84 Å². The van der Waals surface area contributed by atoms with Gasteiger partial charge >= 0.3 is 5.97 Å². The van der Waals surface area contributed by atoms with E-state index in [1.807, 2.05) is 30.3 Å². The lowest BCUT2D eigenvalue weighted by Gasteiger charge is -2.33. The minimum Gasteiger partial charge on any atom is -0.478 e. The molecule has 1 aliphatic heterocycles. The van der Waals surface area contributed by atoms with Crippen molar-refractivity contribution in [1.29, 1.82) is 0 Å². The van der Waals surface area contributed by atoms with E-state index in [2.05, 4.69) is 0 Å². The summed E-state index contributed by atoms with van der Waals surface area (Å²) in [4.78, 5) is 25.0. The largest absolute Gasteiger partial charge is 0.478 e. The SMILES string of the molecule is CC(C(=O)O)=C(C)C(=O)N1CCOC(c2ccccc2)C1. The highest BCUT2D eigenvalue weighted by atomic mass is 16.5. The summed E-state index contributed by atoms with van der Waals surface area (Å²) in [7, 11) is 0. The molecule has 1 unspecified atom stereocenters. The van der Waals surface area contributed by atoms with Gasteiger partial charge in [-0.25, -0.2) is 4.79 Å². The normalized spacial score (nSPS) is 19.9. The number of benzene rings is 1. The van der Waals surface area contributed by atoms with Crippen LogP contribution in [0.1, 0.15) is 25.5 Å². The summed E-state index contributed by atoms with van der Waals surface area (Å²) >= 11 is 0. The molecule has 0 saturated carbocycles. The van der Waals surface area contributed by atoms with Crippen molar-refractivity contribution in [2.45, 2.75) is 20.0 Å². The number of amides is 1. The zero-order chi connectivity index (χ0) is 15.4. The van der Waals surface area contributed by atoms with Gasteiger partial charge in [-0.1, -0.05) is 30.3 Å². The number of carboxylic acids is 1. The first-order valence-corrected chi connectivity index (χ1v) is 6.87. The number of carbonyl (C=O) groups is 2. The molecule has 1 aliphatic rings. The monoisotopic (exact) mass is 289 g/mol. The first kappa shape index (κ1) is 15.3. The molecule has 0 bridgehead atoms. The third-order valence-corrected chi connectivity index (χ3v) is 3.73. The van der Waals surface area contributed by atoms with Crippen LogP contribution in [-0.4, -0.2) is 41.6 Å². The van der Waals surface area contributed by atoms with Crippen LogP contribution in [0.2, 0.25) is 0 Å². The molecule has 1 atom stereocenters. The first-order valence-electron chi connectivity index (χ1n) is 6.87. The van der Waals surface area contributed by atoms with Gasteiger partial charge in [0.1, 0.15) is 6.10 Å². The van der Waals surface area contributed by atoms with E-state index < -0.39 is 5.97 Å². The summed E-state index contributed by atoms with van der Waals surface area (Å²) < 4.78 is 5.71. The van der Waals surface area contributed by atoms with Crippen molar-refractivity contribution in [3.8, 4) is 0 Å². The zero-order valence-electron chi connectivity index (χ0n) is 12.2. The van der Waals surface area contributed by atoms with Crippen molar-refractivity contribution in [3.63, 3.8) is 0 Å². The van der Waals surface area contributed by atoms with Crippen molar-refractivity contribution >= 4 is 11.9 Å². The Hall–Kier alpha value is -2.14. The molecule has 1 N–H and O–H groups in total. The van der Waals surface area contributed by atoms with E-state index in [-0.39, 0.29) is 23.2 Å². The predicted octanol–water partition coefficient (Wildman–Crippen LogP) is 2.01. The van der Waals surface area contributed by atoms with Crippen LogP contribution < -0.4 is 0 Å². The topological polar surface area (TPSA) is 66.8 Å². The number of nitrogens with zero attached hydrogens (tertiary/aromatic N) is 1. The molecular formula is C16H19NO4. The maximum absolute atomic E-state index is 12.4. The van der Waals surface area contributed by atoms with Crippen LogP contribution >= 0.6 is 0 Å². The van der Waals surface area contributed by atoms with Crippen LogP contribution in [0, 0.1) is 0 Å². The van der Waals surface area contributed by atoms with Crippen LogP contribution in [0.5, 0.6) is 0 Å². The number of hydrogen-bond acceptors (Lipinski definition) is 3. The highest BCUT2D eigenvalue weighted by molar-refractivity contribution is 6.01. The lowest BCUT2D eigenvalue weighted by Crippen LogP contribution is -2.43. The average Bonchev–Trinajstić information content (AvgIpc) is 2.53. The third kappa shape index (κ3) is 3.49. The predicted molar refractivity (Wildman–Crippen MR) is 77.7 cm³/mol. The van der Waals surface area contributed by atoms with Crippen LogP contribution in [0.4, 0.5) is 0 Å². The Morgan fingerprint density at radius 2 is 1.86 bits per heavy atom. The van der Waals surface area contributed by atoms with E-state index in [0.717, 1.165) is 5.56 Å². The Labute approximate surface area is 123 Å².